The lowest BCUT2D eigenvalue weighted by Gasteiger charge is -2.31. The smallest absolute Gasteiger partial charge is 0.244 e. The van der Waals surface area contributed by atoms with Gasteiger partial charge in [0, 0.05) is 18.1 Å². The highest BCUT2D eigenvalue weighted by Crippen LogP contribution is 2.29. The standard InChI is InChI=1S/C23H30ClN3O5S/c1-5-14-25-23(29)17(2)26(15-18-10-12-19(24)13-11-18)22(28)16-27(33(4,30)31)20-8-6-7-9-21(20)32-3/h6-13,17H,5,14-16H2,1-4H3,(H,25,29). The number of halogens is 1. The van der Waals surface area contributed by atoms with Crippen LogP contribution in [0.2, 0.25) is 5.02 Å². The Labute approximate surface area is 200 Å². The second-order valence-electron chi connectivity index (χ2n) is 7.56. The van der Waals surface area contributed by atoms with Crippen LogP contribution in [-0.2, 0) is 26.2 Å². The first kappa shape index (κ1) is 26.5. The van der Waals surface area contributed by atoms with Gasteiger partial charge in [0.25, 0.3) is 0 Å². The molecule has 0 spiro atoms. The highest BCUT2D eigenvalue weighted by Gasteiger charge is 2.30. The number of carbonyl (C=O) groups is 2. The van der Waals surface area contributed by atoms with Gasteiger partial charge in [0.2, 0.25) is 21.8 Å². The molecule has 0 aliphatic rings. The Hall–Kier alpha value is -2.78. The first-order chi connectivity index (χ1) is 15.6. The number of anilines is 1. The molecule has 0 bridgehead atoms. The summed E-state index contributed by atoms with van der Waals surface area (Å²) in [5.74, 6) is -0.531. The molecule has 0 saturated carbocycles. The summed E-state index contributed by atoms with van der Waals surface area (Å²) in [5, 5.41) is 3.34. The number of nitrogens with zero attached hydrogens (tertiary/aromatic N) is 2. The molecule has 10 heteroatoms. The summed E-state index contributed by atoms with van der Waals surface area (Å²) in [7, 11) is -2.41. The van der Waals surface area contributed by atoms with Crippen LogP contribution in [0.4, 0.5) is 5.69 Å². The number of methoxy groups -OCH3 is 1. The van der Waals surface area contributed by atoms with E-state index in [4.69, 9.17) is 16.3 Å². The number of hydrogen-bond donors (Lipinski definition) is 1. The Morgan fingerprint density at radius 1 is 1.12 bits per heavy atom. The van der Waals surface area contributed by atoms with Crippen molar-refractivity contribution in [3.05, 3.63) is 59.1 Å². The minimum absolute atomic E-state index is 0.111. The van der Waals surface area contributed by atoms with Gasteiger partial charge in [-0.15, -0.1) is 0 Å². The van der Waals surface area contributed by atoms with E-state index in [0.717, 1.165) is 22.5 Å². The number of sulfonamides is 1. The molecule has 2 amide bonds. The zero-order chi connectivity index (χ0) is 24.6. The fraction of sp³-hybridized carbons (Fsp3) is 0.391. The molecular formula is C23H30ClN3O5S. The molecule has 33 heavy (non-hydrogen) atoms. The van der Waals surface area contributed by atoms with Crippen molar-refractivity contribution in [3.63, 3.8) is 0 Å². The van der Waals surface area contributed by atoms with Crippen molar-refractivity contribution in [2.45, 2.75) is 32.9 Å². The van der Waals surface area contributed by atoms with Gasteiger partial charge in [-0.25, -0.2) is 8.42 Å². The van der Waals surface area contributed by atoms with Crippen molar-refractivity contribution in [1.82, 2.24) is 10.2 Å². The zero-order valence-electron chi connectivity index (χ0n) is 19.2. The fourth-order valence-corrected chi connectivity index (χ4v) is 4.17. The summed E-state index contributed by atoms with van der Waals surface area (Å²) < 4.78 is 31.5. The zero-order valence-corrected chi connectivity index (χ0v) is 20.8. The van der Waals surface area contributed by atoms with E-state index in [2.05, 4.69) is 5.32 Å². The maximum atomic E-state index is 13.4. The summed E-state index contributed by atoms with van der Waals surface area (Å²) >= 11 is 5.97. The van der Waals surface area contributed by atoms with Crippen LogP contribution in [0, 0.1) is 0 Å². The van der Waals surface area contributed by atoms with E-state index in [1.807, 2.05) is 6.92 Å². The highest BCUT2D eigenvalue weighted by molar-refractivity contribution is 7.92. The molecule has 0 fully saturated rings. The van der Waals surface area contributed by atoms with Crippen LogP contribution in [0.25, 0.3) is 0 Å². The van der Waals surface area contributed by atoms with Gasteiger partial charge < -0.3 is 15.0 Å². The molecule has 0 saturated heterocycles. The highest BCUT2D eigenvalue weighted by atomic mass is 35.5. The van der Waals surface area contributed by atoms with Gasteiger partial charge in [-0.05, 0) is 43.2 Å². The number of ether oxygens (including phenoxy) is 1. The normalized spacial score (nSPS) is 12.0. The van der Waals surface area contributed by atoms with Crippen LogP contribution in [0.5, 0.6) is 5.75 Å². The molecule has 0 heterocycles. The van der Waals surface area contributed by atoms with Crippen LogP contribution in [0.15, 0.2) is 48.5 Å². The van der Waals surface area contributed by atoms with Crippen LogP contribution >= 0.6 is 11.6 Å². The summed E-state index contributed by atoms with van der Waals surface area (Å²) in [6.45, 7) is 3.65. The van der Waals surface area contributed by atoms with Crippen molar-refractivity contribution in [2.24, 2.45) is 0 Å². The minimum atomic E-state index is -3.83. The average Bonchev–Trinajstić information content (AvgIpc) is 2.79. The van der Waals surface area contributed by atoms with E-state index in [-0.39, 0.29) is 18.1 Å². The molecule has 2 aromatic rings. The maximum Gasteiger partial charge on any atom is 0.244 e. The maximum absolute atomic E-state index is 13.4. The fourth-order valence-electron chi connectivity index (χ4n) is 3.20. The Kier molecular flexibility index (Phi) is 9.55. The Balaban J connectivity index is 2.39. The molecule has 0 radical (unpaired) electrons. The lowest BCUT2D eigenvalue weighted by molar-refractivity contribution is -0.139. The van der Waals surface area contributed by atoms with E-state index in [9.17, 15) is 18.0 Å². The topological polar surface area (TPSA) is 96.0 Å². The van der Waals surface area contributed by atoms with Crippen LogP contribution in [0.3, 0.4) is 0 Å². The molecule has 0 aliphatic carbocycles. The van der Waals surface area contributed by atoms with Gasteiger partial charge in [0.15, 0.2) is 0 Å². The number of benzene rings is 2. The third-order valence-electron chi connectivity index (χ3n) is 5.02. The van der Waals surface area contributed by atoms with E-state index in [1.165, 1.54) is 12.0 Å². The summed E-state index contributed by atoms with van der Waals surface area (Å²) in [6.07, 6.45) is 1.77. The van der Waals surface area contributed by atoms with Gasteiger partial charge in [-0.3, -0.25) is 13.9 Å². The largest absolute Gasteiger partial charge is 0.495 e. The van der Waals surface area contributed by atoms with Gasteiger partial charge in [0.05, 0.1) is 19.1 Å². The molecule has 0 aromatic heterocycles. The SMILES string of the molecule is CCCNC(=O)C(C)N(Cc1ccc(Cl)cc1)C(=O)CN(c1ccccc1OC)S(C)(=O)=O. The molecule has 180 valence electrons. The quantitative estimate of drug-likeness (QED) is 0.517. The first-order valence-electron chi connectivity index (χ1n) is 10.5. The van der Waals surface area contributed by atoms with E-state index < -0.39 is 28.5 Å². The predicted octanol–water partition coefficient (Wildman–Crippen LogP) is 3.06. The molecule has 2 rings (SSSR count). The lowest BCUT2D eigenvalue weighted by atomic mass is 10.1. The van der Waals surface area contributed by atoms with Gasteiger partial charge in [-0.1, -0.05) is 42.8 Å². The second kappa shape index (κ2) is 11.9. The predicted molar refractivity (Wildman–Crippen MR) is 130 cm³/mol. The van der Waals surface area contributed by atoms with Crippen LogP contribution < -0.4 is 14.4 Å². The molecule has 1 N–H and O–H groups in total. The molecule has 0 aliphatic heterocycles. The van der Waals surface area contributed by atoms with Crippen molar-refractivity contribution < 1.29 is 22.7 Å². The third kappa shape index (κ3) is 7.36. The summed E-state index contributed by atoms with van der Waals surface area (Å²) in [5.41, 5.74) is 0.997. The number of para-hydroxylation sites is 2. The van der Waals surface area contributed by atoms with Gasteiger partial charge in [0.1, 0.15) is 18.3 Å². The minimum Gasteiger partial charge on any atom is -0.495 e. The van der Waals surface area contributed by atoms with Crippen LogP contribution in [-0.4, -0.2) is 57.6 Å². The van der Waals surface area contributed by atoms with E-state index in [1.54, 1.807) is 55.5 Å². The Morgan fingerprint density at radius 2 is 1.76 bits per heavy atom. The lowest BCUT2D eigenvalue weighted by Crippen LogP contribution is -2.51. The summed E-state index contributed by atoms with van der Waals surface area (Å²) in [4.78, 5) is 27.5. The molecule has 1 atom stereocenters. The van der Waals surface area contributed by atoms with Gasteiger partial charge >= 0.3 is 0 Å². The number of nitrogens with one attached hydrogen (secondary N) is 1. The number of hydrogen-bond acceptors (Lipinski definition) is 5. The summed E-state index contributed by atoms with van der Waals surface area (Å²) in [6, 6.07) is 12.6. The number of rotatable bonds is 11. The van der Waals surface area contributed by atoms with Crippen LogP contribution in [0.1, 0.15) is 25.8 Å². The monoisotopic (exact) mass is 495 g/mol. The van der Waals surface area contributed by atoms with Gasteiger partial charge in [-0.2, -0.15) is 0 Å². The molecular weight excluding hydrogens is 466 g/mol. The molecule has 2 aromatic carbocycles. The molecule has 8 nitrogen and oxygen atoms in total. The third-order valence-corrected chi connectivity index (χ3v) is 6.39. The van der Waals surface area contributed by atoms with E-state index >= 15 is 0 Å². The van der Waals surface area contributed by atoms with Crippen molar-refractivity contribution in [3.8, 4) is 5.75 Å². The van der Waals surface area contributed by atoms with Crippen molar-refractivity contribution in [2.75, 3.05) is 30.8 Å². The number of carbonyl (C=O) groups excluding carboxylic acids is 2. The number of amides is 2. The van der Waals surface area contributed by atoms with Crippen molar-refractivity contribution in [1.29, 1.82) is 0 Å². The van der Waals surface area contributed by atoms with E-state index in [0.29, 0.717) is 17.3 Å². The van der Waals surface area contributed by atoms with Crippen molar-refractivity contribution >= 4 is 39.1 Å². The second-order valence-corrected chi connectivity index (χ2v) is 9.90. The Bertz CT molecular complexity index is 1060. The molecule has 1 unspecified atom stereocenters. The first-order valence-corrected chi connectivity index (χ1v) is 12.7. The average molecular weight is 496 g/mol. The Morgan fingerprint density at radius 3 is 2.33 bits per heavy atom.